The van der Waals surface area contributed by atoms with E-state index in [1.165, 1.54) is 167 Å². The normalized spacial score (nSPS) is 13.3. The molecule has 0 bridgehead atoms. The molecule has 0 spiro atoms. The van der Waals surface area contributed by atoms with Gasteiger partial charge in [0.2, 0.25) is 0 Å². The van der Waals surface area contributed by atoms with Crippen molar-refractivity contribution in [3.63, 3.8) is 0 Å². The maximum absolute atomic E-state index is 11.0. The Kier molecular flexibility index (Phi) is 31.3. The summed E-state index contributed by atoms with van der Waals surface area (Å²) in [7, 11) is 0. The molecular weight excluding hydrogens is 468 g/mol. The maximum atomic E-state index is 11.0. The minimum absolute atomic E-state index is 0.0141. The molecule has 0 aliphatic carbocycles. The summed E-state index contributed by atoms with van der Waals surface area (Å²) in [4.78, 5) is 0. The van der Waals surface area contributed by atoms with E-state index in [0.717, 1.165) is 12.8 Å². The quantitative estimate of drug-likeness (QED) is 0.0642. The van der Waals surface area contributed by atoms with Crippen molar-refractivity contribution in [3.05, 3.63) is 0 Å². The summed E-state index contributed by atoms with van der Waals surface area (Å²) in [5.74, 6) is -1.03. The van der Waals surface area contributed by atoms with Crippen LogP contribution in [0.1, 0.15) is 206 Å². The fourth-order valence-electron chi connectivity index (χ4n) is 5.70. The molecule has 0 aromatic heterocycles. The van der Waals surface area contributed by atoms with Crippen molar-refractivity contribution >= 4 is 0 Å². The van der Waals surface area contributed by atoms with Gasteiger partial charge in [0, 0.05) is 12.8 Å². The van der Waals surface area contributed by atoms with Gasteiger partial charge < -0.3 is 14.9 Å². The van der Waals surface area contributed by atoms with Crippen LogP contribution in [-0.2, 0) is 4.74 Å². The van der Waals surface area contributed by atoms with Crippen molar-refractivity contribution in [2.24, 2.45) is 0 Å². The van der Waals surface area contributed by atoms with E-state index in [4.69, 9.17) is 4.74 Å². The first-order chi connectivity index (χ1) is 18.7. The van der Waals surface area contributed by atoms with E-state index in [1.54, 1.807) is 0 Å². The van der Waals surface area contributed by atoms with Crippen molar-refractivity contribution in [1.82, 2.24) is 0 Å². The van der Waals surface area contributed by atoms with Crippen LogP contribution in [0, 0.1) is 0 Å². The SMILES string of the molecule is CCCCCCCCCCCCCCCCCC(O)(CCCCCCCCCCCCCCC)OCCO. The summed E-state index contributed by atoms with van der Waals surface area (Å²) in [6.45, 7) is 4.80. The molecule has 0 aliphatic rings. The van der Waals surface area contributed by atoms with E-state index < -0.39 is 5.79 Å². The molecule has 3 nitrogen and oxygen atoms in total. The highest BCUT2D eigenvalue weighted by Crippen LogP contribution is 2.25. The van der Waals surface area contributed by atoms with Gasteiger partial charge in [-0.3, -0.25) is 0 Å². The molecule has 3 heteroatoms. The van der Waals surface area contributed by atoms with Crippen molar-refractivity contribution in [2.45, 2.75) is 212 Å². The van der Waals surface area contributed by atoms with Gasteiger partial charge in [0.15, 0.2) is 5.79 Å². The second-order valence-corrected chi connectivity index (χ2v) is 12.2. The zero-order valence-corrected chi connectivity index (χ0v) is 26.4. The van der Waals surface area contributed by atoms with Crippen LogP contribution >= 0.6 is 0 Å². The summed E-state index contributed by atoms with van der Waals surface area (Å²) in [6, 6.07) is 0. The largest absolute Gasteiger partial charge is 0.394 e. The van der Waals surface area contributed by atoms with Crippen LogP contribution in [0.25, 0.3) is 0 Å². The molecule has 1 unspecified atom stereocenters. The van der Waals surface area contributed by atoms with E-state index in [-0.39, 0.29) is 13.2 Å². The first kappa shape index (κ1) is 37.9. The molecule has 0 fully saturated rings. The van der Waals surface area contributed by atoms with Crippen molar-refractivity contribution in [2.75, 3.05) is 13.2 Å². The minimum Gasteiger partial charge on any atom is -0.394 e. The Morgan fingerprint density at radius 2 is 0.632 bits per heavy atom. The summed E-state index contributed by atoms with van der Waals surface area (Å²) in [6.07, 6.45) is 39.1. The van der Waals surface area contributed by atoms with Gasteiger partial charge in [-0.2, -0.15) is 0 Å². The number of unbranched alkanes of at least 4 members (excludes halogenated alkanes) is 26. The van der Waals surface area contributed by atoms with Gasteiger partial charge in [-0.25, -0.2) is 0 Å². The van der Waals surface area contributed by atoms with Gasteiger partial charge in [-0.05, 0) is 12.8 Å². The standard InChI is InChI=1S/C35H72O3/c1-3-5-7-9-11-13-15-17-18-20-22-24-26-28-30-32-35(37,38-34-33-36)31-29-27-25-23-21-19-16-14-12-10-8-6-4-2/h36-37H,3-34H2,1-2H3. The van der Waals surface area contributed by atoms with Gasteiger partial charge >= 0.3 is 0 Å². The maximum Gasteiger partial charge on any atom is 0.165 e. The number of aliphatic hydroxyl groups is 2. The third-order valence-electron chi connectivity index (χ3n) is 8.30. The Hall–Kier alpha value is -0.120. The van der Waals surface area contributed by atoms with Gasteiger partial charge in [-0.15, -0.1) is 0 Å². The zero-order chi connectivity index (χ0) is 27.8. The van der Waals surface area contributed by atoms with Gasteiger partial charge in [0.05, 0.1) is 13.2 Å². The van der Waals surface area contributed by atoms with E-state index >= 15 is 0 Å². The number of hydrogen-bond acceptors (Lipinski definition) is 3. The van der Waals surface area contributed by atoms with Crippen LogP contribution in [0.4, 0.5) is 0 Å². The minimum atomic E-state index is -1.03. The summed E-state index contributed by atoms with van der Waals surface area (Å²) in [5.41, 5.74) is 0. The first-order valence-corrected chi connectivity index (χ1v) is 17.7. The molecule has 2 N–H and O–H groups in total. The molecular formula is C35H72O3. The summed E-state index contributed by atoms with van der Waals surface area (Å²) < 4.78 is 5.71. The molecule has 0 heterocycles. The molecule has 1 atom stereocenters. The van der Waals surface area contributed by atoms with Crippen molar-refractivity contribution in [1.29, 1.82) is 0 Å². The van der Waals surface area contributed by atoms with E-state index in [2.05, 4.69) is 13.8 Å². The molecule has 0 saturated heterocycles. The third-order valence-corrected chi connectivity index (χ3v) is 8.30. The second kappa shape index (κ2) is 31.4. The Balaban J connectivity index is 3.62. The lowest BCUT2D eigenvalue weighted by atomic mass is 9.98. The van der Waals surface area contributed by atoms with Crippen LogP contribution in [0.15, 0.2) is 0 Å². The molecule has 0 radical (unpaired) electrons. The number of hydrogen-bond donors (Lipinski definition) is 2. The Bertz CT molecular complexity index is 427. The third kappa shape index (κ3) is 28.9. The molecule has 0 saturated carbocycles. The van der Waals surface area contributed by atoms with Crippen LogP contribution < -0.4 is 0 Å². The lowest BCUT2D eigenvalue weighted by Crippen LogP contribution is -2.33. The van der Waals surface area contributed by atoms with Gasteiger partial charge in [0.25, 0.3) is 0 Å². The smallest absolute Gasteiger partial charge is 0.165 e. The first-order valence-electron chi connectivity index (χ1n) is 17.7. The molecule has 0 rings (SSSR count). The Morgan fingerprint density at radius 1 is 0.395 bits per heavy atom. The van der Waals surface area contributed by atoms with E-state index in [0.29, 0.717) is 12.8 Å². The highest BCUT2D eigenvalue weighted by Gasteiger charge is 2.26. The fourth-order valence-corrected chi connectivity index (χ4v) is 5.70. The summed E-state index contributed by atoms with van der Waals surface area (Å²) in [5, 5.41) is 20.2. The molecule has 230 valence electrons. The second-order valence-electron chi connectivity index (χ2n) is 12.2. The average Bonchev–Trinajstić information content (AvgIpc) is 2.92. The number of ether oxygens (including phenoxy) is 1. The van der Waals surface area contributed by atoms with Gasteiger partial charge in [-0.1, -0.05) is 181 Å². The average molecular weight is 541 g/mol. The predicted molar refractivity (Wildman–Crippen MR) is 168 cm³/mol. The fraction of sp³-hybridized carbons (Fsp3) is 1.00. The van der Waals surface area contributed by atoms with E-state index in [1.807, 2.05) is 0 Å². The highest BCUT2D eigenvalue weighted by molar-refractivity contribution is 4.68. The van der Waals surface area contributed by atoms with Crippen molar-refractivity contribution < 1.29 is 14.9 Å². The van der Waals surface area contributed by atoms with Crippen LogP contribution in [0.5, 0.6) is 0 Å². The summed E-state index contributed by atoms with van der Waals surface area (Å²) >= 11 is 0. The van der Waals surface area contributed by atoms with Crippen LogP contribution in [-0.4, -0.2) is 29.2 Å². The Morgan fingerprint density at radius 3 is 0.868 bits per heavy atom. The molecule has 38 heavy (non-hydrogen) atoms. The predicted octanol–water partition coefficient (Wildman–Crippen LogP) is 11.4. The van der Waals surface area contributed by atoms with Crippen LogP contribution in [0.2, 0.25) is 0 Å². The molecule has 0 aromatic carbocycles. The van der Waals surface area contributed by atoms with E-state index in [9.17, 15) is 10.2 Å². The van der Waals surface area contributed by atoms with Crippen LogP contribution in [0.3, 0.4) is 0 Å². The molecule has 0 aliphatic heterocycles. The topological polar surface area (TPSA) is 49.7 Å². The van der Waals surface area contributed by atoms with Crippen molar-refractivity contribution in [3.8, 4) is 0 Å². The van der Waals surface area contributed by atoms with Gasteiger partial charge in [0.1, 0.15) is 0 Å². The number of rotatable bonds is 33. The lowest BCUT2D eigenvalue weighted by molar-refractivity contribution is -0.217. The molecule has 0 amide bonds. The Labute approximate surface area is 240 Å². The zero-order valence-electron chi connectivity index (χ0n) is 26.4. The lowest BCUT2D eigenvalue weighted by Gasteiger charge is -2.28. The molecule has 0 aromatic rings. The highest BCUT2D eigenvalue weighted by atomic mass is 16.6. The number of aliphatic hydroxyl groups excluding tert-OH is 1. The monoisotopic (exact) mass is 541 g/mol.